The van der Waals surface area contributed by atoms with Crippen LogP contribution in [0.1, 0.15) is 78.1 Å². The van der Waals surface area contributed by atoms with Crippen LogP contribution < -0.4 is 10.6 Å². The van der Waals surface area contributed by atoms with E-state index in [-0.39, 0.29) is 6.42 Å². The van der Waals surface area contributed by atoms with Crippen molar-refractivity contribution in [2.75, 3.05) is 7.05 Å². The number of hydrogen-bond donors (Lipinski definition) is 2. The normalized spacial score (nSPS) is 13.8. The number of alkyl carbamates (subject to hydrolysis) is 1. The molecule has 0 heterocycles. The first-order valence-electron chi connectivity index (χ1n) is 13.9. The molecule has 0 aliphatic carbocycles. The molecule has 2 N–H and O–H groups in total. The zero-order chi connectivity index (χ0) is 31.0. The van der Waals surface area contributed by atoms with Gasteiger partial charge in [0.2, 0.25) is 11.8 Å². The highest BCUT2D eigenvalue weighted by molar-refractivity contribution is 5.93. The van der Waals surface area contributed by atoms with Gasteiger partial charge in [0.25, 0.3) is 0 Å². The van der Waals surface area contributed by atoms with E-state index in [1.807, 2.05) is 49.4 Å². The molecule has 0 aromatic heterocycles. The van der Waals surface area contributed by atoms with E-state index >= 15 is 0 Å². The molecule has 224 valence electrons. The lowest BCUT2D eigenvalue weighted by Gasteiger charge is -2.32. The molecule has 0 fully saturated rings. The van der Waals surface area contributed by atoms with Gasteiger partial charge in [-0.3, -0.25) is 9.59 Å². The third kappa shape index (κ3) is 10.9. The number of nitrogens with zero attached hydrogens (tertiary/aromatic N) is 1. The highest BCUT2D eigenvalue weighted by Gasteiger charge is 2.35. The van der Waals surface area contributed by atoms with Crippen molar-refractivity contribution in [1.29, 1.82) is 0 Å². The topological polar surface area (TPSA) is 114 Å². The molecule has 0 saturated carbocycles. The first-order chi connectivity index (χ1) is 19.0. The van der Waals surface area contributed by atoms with Gasteiger partial charge in [0.1, 0.15) is 29.3 Å². The Balaban J connectivity index is 2.39. The SMILES string of the molecule is CCc1ccc(C(C(=O)NC(Cc2ccccc2)C(=O)OC(C)(C)C)N(C)C(=O)C(C)NC(=O)OC(C)(C)C)cc1. The van der Waals surface area contributed by atoms with Gasteiger partial charge in [0, 0.05) is 13.5 Å². The maximum absolute atomic E-state index is 13.9. The standard InChI is InChI=1S/C32H45N3O6/c1-10-22-16-18-24(19-17-22)26(35(9)28(37)21(2)33-30(39)41-32(6,7)8)27(36)34-25(29(38)40-31(3,4)5)20-23-14-12-11-13-15-23/h11-19,21,25-26H,10,20H2,1-9H3,(H,33,39)(H,34,36). The van der Waals surface area contributed by atoms with Crippen molar-refractivity contribution in [3.8, 4) is 0 Å². The largest absolute Gasteiger partial charge is 0.458 e. The summed E-state index contributed by atoms with van der Waals surface area (Å²) in [6.07, 6.45) is 0.269. The fourth-order valence-corrected chi connectivity index (χ4v) is 4.13. The van der Waals surface area contributed by atoms with Crippen LogP contribution in [0.25, 0.3) is 0 Å². The van der Waals surface area contributed by atoms with Gasteiger partial charge in [-0.1, -0.05) is 61.5 Å². The molecule has 2 aromatic rings. The Hall–Kier alpha value is -3.88. The lowest BCUT2D eigenvalue weighted by atomic mass is 10.00. The van der Waals surface area contributed by atoms with E-state index in [1.54, 1.807) is 53.7 Å². The number of amides is 3. The minimum atomic E-state index is -1.09. The molecule has 0 radical (unpaired) electrons. The van der Waals surface area contributed by atoms with E-state index in [0.29, 0.717) is 5.56 Å². The number of benzene rings is 2. The predicted octanol–water partition coefficient (Wildman–Crippen LogP) is 4.73. The number of aryl methyl sites for hydroxylation is 1. The summed E-state index contributed by atoms with van der Waals surface area (Å²) in [4.78, 5) is 54.2. The maximum Gasteiger partial charge on any atom is 0.408 e. The van der Waals surface area contributed by atoms with Crippen molar-refractivity contribution < 1.29 is 28.7 Å². The van der Waals surface area contributed by atoms with E-state index < -0.39 is 53.2 Å². The van der Waals surface area contributed by atoms with Gasteiger partial charge in [-0.2, -0.15) is 0 Å². The van der Waals surface area contributed by atoms with Crippen LogP contribution in [0.4, 0.5) is 4.79 Å². The van der Waals surface area contributed by atoms with Crippen molar-refractivity contribution in [2.24, 2.45) is 0 Å². The monoisotopic (exact) mass is 567 g/mol. The second-order valence-corrected chi connectivity index (χ2v) is 12.1. The van der Waals surface area contributed by atoms with Crippen LogP contribution in [0.3, 0.4) is 0 Å². The van der Waals surface area contributed by atoms with Gasteiger partial charge >= 0.3 is 12.1 Å². The van der Waals surface area contributed by atoms with Gasteiger partial charge < -0.3 is 25.0 Å². The van der Waals surface area contributed by atoms with Crippen molar-refractivity contribution in [1.82, 2.24) is 15.5 Å². The summed E-state index contributed by atoms with van der Waals surface area (Å²) in [5, 5.41) is 5.38. The molecule has 9 nitrogen and oxygen atoms in total. The second-order valence-electron chi connectivity index (χ2n) is 12.1. The Labute approximate surface area is 244 Å². The summed E-state index contributed by atoms with van der Waals surface area (Å²) in [6.45, 7) is 14.0. The molecule has 3 unspecified atom stereocenters. The van der Waals surface area contributed by atoms with E-state index in [9.17, 15) is 19.2 Å². The van der Waals surface area contributed by atoms with Crippen LogP contribution in [-0.2, 0) is 36.7 Å². The fourth-order valence-electron chi connectivity index (χ4n) is 4.13. The Morgan fingerprint density at radius 1 is 0.805 bits per heavy atom. The van der Waals surface area contributed by atoms with Crippen LogP contribution in [0.2, 0.25) is 0 Å². The number of nitrogens with one attached hydrogen (secondary N) is 2. The van der Waals surface area contributed by atoms with Crippen LogP contribution in [0.5, 0.6) is 0 Å². The Kier molecular flexibility index (Phi) is 11.5. The Bertz CT molecular complexity index is 1180. The van der Waals surface area contributed by atoms with E-state index in [2.05, 4.69) is 10.6 Å². The van der Waals surface area contributed by atoms with Crippen LogP contribution in [-0.4, -0.2) is 59.1 Å². The quantitative estimate of drug-likeness (QED) is 0.401. The summed E-state index contributed by atoms with van der Waals surface area (Å²) in [5.74, 6) is -1.64. The molecule has 0 aliphatic heterocycles. The molecule has 3 amide bonds. The molecule has 3 atom stereocenters. The number of carbonyl (C=O) groups excluding carboxylic acids is 4. The van der Waals surface area contributed by atoms with Crippen LogP contribution >= 0.6 is 0 Å². The summed E-state index contributed by atoms with van der Waals surface area (Å²) in [5.41, 5.74) is 0.964. The lowest BCUT2D eigenvalue weighted by Crippen LogP contribution is -2.53. The van der Waals surface area contributed by atoms with Gasteiger partial charge in [-0.25, -0.2) is 9.59 Å². The zero-order valence-corrected chi connectivity index (χ0v) is 25.7. The number of ether oxygens (including phenoxy) is 2. The van der Waals surface area contributed by atoms with Gasteiger partial charge in [0.05, 0.1) is 0 Å². The third-order valence-corrected chi connectivity index (χ3v) is 6.08. The molecule has 2 aromatic carbocycles. The van der Waals surface area contributed by atoms with Crippen molar-refractivity contribution in [3.63, 3.8) is 0 Å². The molecule has 0 bridgehead atoms. The fraction of sp³-hybridized carbons (Fsp3) is 0.500. The highest BCUT2D eigenvalue weighted by atomic mass is 16.6. The van der Waals surface area contributed by atoms with Crippen LogP contribution in [0.15, 0.2) is 54.6 Å². The first kappa shape index (κ1) is 33.3. The number of carbonyl (C=O) groups is 4. The van der Waals surface area contributed by atoms with E-state index in [4.69, 9.17) is 9.47 Å². The van der Waals surface area contributed by atoms with Gasteiger partial charge in [-0.15, -0.1) is 0 Å². The number of hydrogen-bond acceptors (Lipinski definition) is 6. The molecule has 2 rings (SSSR count). The number of esters is 1. The molecule has 0 aliphatic rings. The summed E-state index contributed by atoms with van der Waals surface area (Å²) in [6, 6.07) is 13.6. The molecule has 41 heavy (non-hydrogen) atoms. The summed E-state index contributed by atoms with van der Waals surface area (Å²) < 4.78 is 10.9. The summed E-state index contributed by atoms with van der Waals surface area (Å²) >= 11 is 0. The third-order valence-electron chi connectivity index (χ3n) is 6.08. The Morgan fingerprint density at radius 3 is 1.88 bits per heavy atom. The van der Waals surface area contributed by atoms with Crippen molar-refractivity contribution in [2.45, 2.75) is 97.6 Å². The minimum absolute atomic E-state index is 0.206. The molecular weight excluding hydrogens is 522 g/mol. The second kappa shape index (κ2) is 14.1. The Morgan fingerprint density at radius 2 is 1.37 bits per heavy atom. The lowest BCUT2D eigenvalue weighted by molar-refractivity contribution is -0.159. The van der Waals surface area contributed by atoms with Crippen molar-refractivity contribution in [3.05, 3.63) is 71.3 Å². The molecular formula is C32H45N3O6. The van der Waals surface area contributed by atoms with Gasteiger partial charge in [0.15, 0.2) is 0 Å². The molecule has 0 saturated heterocycles. The minimum Gasteiger partial charge on any atom is -0.458 e. The number of likely N-dealkylation sites (N-methyl/N-ethyl adjacent to an activating group) is 1. The van der Waals surface area contributed by atoms with Gasteiger partial charge in [-0.05, 0) is 71.6 Å². The zero-order valence-electron chi connectivity index (χ0n) is 25.7. The average molecular weight is 568 g/mol. The highest BCUT2D eigenvalue weighted by Crippen LogP contribution is 2.23. The first-order valence-corrected chi connectivity index (χ1v) is 13.9. The smallest absolute Gasteiger partial charge is 0.408 e. The maximum atomic E-state index is 13.9. The van der Waals surface area contributed by atoms with Crippen molar-refractivity contribution >= 4 is 23.9 Å². The molecule has 0 spiro atoms. The average Bonchev–Trinajstić information content (AvgIpc) is 2.86. The summed E-state index contributed by atoms with van der Waals surface area (Å²) in [7, 11) is 1.49. The van der Waals surface area contributed by atoms with E-state index in [1.165, 1.54) is 18.9 Å². The predicted molar refractivity (Wildman–Crippen MR) is 158 cm³/mol. The van der Waals surface area contributed by atoms with E-state index in [0.717, 1.165) is 17.5 Å². The van der Waals surface area contributed by atoms with Crippen LogP contribution in [0, 0.1) is 0 Å². The molecule has 9 heteroatoms. The number of rotatable bonds is 10.